The topological polar surface area (TPSA) is 38.3 Å². The van der Waals surface area contributed by atoms with Gasteiger partial charge in [0.15, 0.2) is 0 Å². The highest BCUT2D eigenvalue weighted by atomic mass is 79.9. The normalized spacial score (nSPS) is 12.2. The molecule has 0 bridgehead atoms. The number of rotatable bonds is 6. The predicted molar refractivity (Wildman–Crippen MR) is 77.3 cm³/mol. The standard InChI is InChI=1S/C13H17BrClNO2/c1-9-11(4-3-5-12(9)14)13(17)16-7-6-10(15)8-18-2/h3-5,10H,6-8H2,1-2H3,(H,16,17). The summed E-state index contributed by atoms with van der Waals surface area (Å²) in [5.74, 6) is -0.0740. The molecule has 0 aliphatic rings. The number of alkyl halides is 1. The second kappa shape index (κ2) is 7.77. The third-order valence-corrected chi connectivity index (χ3v) is 3.81. The van der Waals surface area contributed by atoms with Crippen LogP contribution in [0.3, 0.4) is 0 Å². The van der Waals surface area contributed by atoms with Gasteiger partial charge in [-0.15, -0.1) is 11.6 Å². The van der Waals surface area contributed by atoms with E-state index in [9.17, 15) is 4.79 Å². The lowest BCUT2D eigenvalue weighted by molar-refractivity contribution is 0.0951. The minimum absolute atomic E-state index is 0.0705. The molecule has 0 heterocycles. The lowest BCUT2D eigenvalue weighted by Gasteiger charge is -2.11. The average Bonchev–Trinajstić information content (AvgIpc) is 2.33. The molecule has 0 aliphatic carbocycles. The molecule has 1 amide bonds. The molecule has 5 heteroatoms. The molecule has 0 saturated heterocycles. The third-order valence-electron chi connectivity index (χ3n) is 2.60. The Hall–Kier alpha value is -0.580. The highest BCUT2D eigenvalue weighted by Gasteiger charge is 2.11. The maximum Gasteiger partial charge on any atom is 0.251 e. The van der Waals surface area contributed by atoms with E-state index in [0.29, 0.717) is 25.1 Å². The summed E-state index contributed by atoms with van der Waals surface area (Å²) in [7, 11) is 1.61. The lowest BCUT2D eigenvalue weighted by Crippen LogP contribution is -2.27. The SMILES string of the molecule is COCC(Cl)CCNC(=O)c1cccc(Br)c1C. The number of hydrogen-bond donors (Lipinski definition) is 1. The summed E-state index contributed by atoms with van der Waals surface area (Å²) in [6.45, 7) is 2.95. The second-order valence-corrected chi connectivity index (χ2v) is 5.48. The molecule has 0 spiro atoms. The largest absolute Gasteiger partial charge is 0.383 e. The van der Waals surface area contributed by atoms with E-state index in [1.54, 1.807) is 7.11 Å². The van der Waals surface area contributed by atoms with Gasteiger partial charge in [0.1, 0.15) is 0 Å². The van der Waals surface area contributed by atoms with Gasteiger partial charge in [-0.1, -0.05) is 22.0 Å². The Morgan fingerprint density at radius 2 is 2.28 bits per heavy atom. The second-order valence-electron chi connectivity index (χ2n) is 4.01. The van der Waals surface area contributed by atoms with Crippen LogP contribution in [0.1, 0.15) is 22.3 Å². The number of carbonyl (C=O) groups is 1. The number of amides is 1. The van der Waals surface area contributed by atoms with Gasteiger partial charge in [-0.2, -0.15) is 0 Å². The number of benzene rings is 1. The third kappa shape index (κ3) is 4.59. The molecular weight excluding hydrogens is 318 g/mol. The van der Waals surface area contributed by atoms with E-state index < -0.39 is 0 Å². The zero-order valence-corrected chi connectivity index (χ0v) is 12.8. The Morgan fingerprint density at radius 1 is 1.56 bits per heavy atom. The number of methoxy groups -OCH3 is 1. The molecule has 0 fully saturated rings. The smallest absolute Gasteiger partial charge is 0.251 e. The van der Waals surface area contributed by atoms with Crippen LogP contribution in [-0.4, -0.2) is 31.5 Å². The fourth-order valence-electron chi connectivity index (χ4n) is 1.56. The van der Waals surface area contributed by atoms with E-state index in [4.69, 9.17) is 16.3 Å². The first kappa shape index (κ1) is 15.5. The highest BCUT2D eigenvalue weighted by Crippen LogP contribution is 2.19. The zero-order valence-electron chi connectivity index (χ0n) is 10.5. The van der Waals surface area contributed by atoms with Gasteiger partial charge in [0.25, 0.3) is 5.91 Å². The van der Waals surface area contributed by atoms with Crippen molar-refractivity contribution in [2.75, 3.05) is 20.3 Å². The molecule has 1 rings (SSSR count). The maximum atomic E-state index is 12.0. The van der Waals surface area contributed by atoms with Gasteiger partial charge in [0, 0.05) is 23.7 Å². The van der Waals surface area contributed by atoms with E-state index >= 15 is 0 Å². The van der Waals surface area contributed by atoms with Crippen molar-refractivity contribution in [2.45, 2.75) is 18.7 Å². The minimum Gasteiger partial charge on any atom is -0.383 e. The quantitative estimate of drug-likeness (QED) is 0.812. The van der Waals surface area contributed by atoms with Crippen molar-refractivity contribution in [1.82, 2.24) is 5.32 Å². The fraction of sp³-hybridized carbons (Fsp3) is 0.462. The number of carbonyl (C=O) groups excluding carboxylic acids is 1. The molecule has 1 aromatic rings. The van der Waals surface area contributed by atoms with E-state index in [1.807, 2.05) is 25.1 Å². The molecule has 3 nitrogen and oxygen atoms in total. The van der Waals surface area contributed by atoms with Crippen molar-refractivity contribution in [3.8, 4) is 0 Å². The van der Waals surface area contributed by atoms with E-state index in [-0.39, 0.29) is 11.3 Å². The Bertz CT molecular complexity index is 412. The Labute approximate surface area is 121 Å². The zero-order chi connectivity index (χ0) is 13.5. The summed E-state index contributed by atoms with van der Waals surface area (Å²) in [5, 5.41) is 2.79. The van der Waals surface area contributed by atoms with Gasteiger partial charge < -0.3 is 10.1 Å². The van der Waals surface area contributed by atoms with Crippen LogP contribution in [-0.2, 0) is 4.74 Å². The van der Waals surface area contributed by atoms with Crippen LogP contribution in [0.4, 0.5) is 0 Å². The first-order valence-corrected chi connectivity index (χ1v) is 6.95. The molecule has 0 radical (unpaired) electrons. The van der Waals surface area contributed by atoms with Crippen molar-refractivity contribution < 1.29 is 9.53 Å². The van der Waals surface area contributed by atoms with Crippen LogP contribution >= 0.6 is 27.5 Å². The van der Waals surface area contributed by atoms with E-state index in [0.717, 1.165) is 10.0 Å². The van der Waals surface area contributed by atoms with Gasteiger partial charge in [-0.05, 0) is 31.0 Å². The van der Waals surface area contributed by atoms with Crippen LogP contribution in [0.5, 0.6) is 0 Å². The van der Waals surface area contributed by atoms with Crippen molar-refractivity contribution in [2.24, 2.45) is 0 Å². The predicted octanol–water partition coefficient (Wildman–Crippen LogP) is 3.13. The number of hydrogen-bond acceptors (Lipinski definition) is 2. The first-order valence-electron chi connectivity index (χ1n) is 5.72. The summed E-state index contributed by atoms with van der Waals surface area (Å²) < 4.78 is 5.86. The highest BCUT2D eigenvalue weighted by molar-refractivity contribution is 9.10. The Kier molecular flexibility index (Phi) is 6.68. The van der Waals surface area contributed by atoms with Gasteiger partial charge in [-0.25, -0.2) is 0 Å². The van der Waals surface area contributed by atoms with Crippen LogP contribution in [0, 0.1) is 6.92 Å². The lowest BCUT2D eigenvalue weighted by atomic mass is 10.1. The van der Waals surface area contributed by atoms with Gasteiger partial charge >= 0.3 is 0 Å². The molecule has 1 N–H and O–H groups in total. The molecule has 1 atom stereocenters. The van der Waals surface area contributed by atoms with Crippen molar-refractivity contribution in [3.05, 3.63) is 33.8 Å². The maximum absolute atomic E-state index is 12.0. The molecular formula is C13H17BrClNO2. The number of nitrogens with one attached hydrogen (secondary N) is 1. The summed E-state index contributed by atoms with van der Waals surface area (Å²) in [4.78, 5) is 12.0. The van der Waals surface area contributed by atoms with Crippen LogP contribution in [0.2, 0.25) is 0 Å². The molecule has 100 valence electrons. The summed E-state index contributed by atoms with van der Waals surface area (Å²) in [6.07, 6.45) is 0.689. The van der Waals surface area contributed by atoms with E-state index in [1.165, 1.54) is 0 Å². The molecule has 1 aromatic carbocycles. The molecule has 1 unspecified atom stereocenters. The van der Waals surface area contributed by atoms with Gasteiger partial charge in [-0.3, -0.25) is 4.79 Å². The molecule has 0 aromatic heterocycles. The van der Waals surface area contributed by atoms with E-state index in [2.05, 4.69) is 21.2 Å². The molecule has 18 heavy (non-hydrogen) atoms. The van der Waals surface area contributed by atoms with Crippen molar-refractivity contribution in [1.29, 1.82) is 0 Å². The first-order chi connectivity index (χ1) is 8.56. The molecule has 0 aliphatic heterocycles. The van der Waals surface area contributed by atoms with Crippen molar-refractivity contribution >= 4 is 33.4 Å². The van der Waals surface area contributed by atoms with Gasteiger partial charge in [0.05, 0.1) is 12.0 Å². The Morgan fingerprint density at radius 3 is 2.94 bits per heavy atom. The minimum atomic E-state index is -0.0740. The summed E-state index contributed by atoms with van der Waals surface area (Å²) in [5.41, 5.74) is 1.62. The Balaban J connectivity index is 2.48. The summed E-state index contributed by atoms with van der Waals surface area (Å²) in [6, 6.07) is 5.57. The van der Waals surface area contributed by atoms with Gasteiger partial charge in [0.2, 0.25) is 0 Å². The summed E-state index contributed by atoms with van der Waals surface area (Å²) >= 11 is 9.39. The number of halogens is 2. The number of ether oxygens (including phenoxy) is 1. The van der Waals surface area contributed by atoms with Crippen LogP contribution in [0.25, 0.3) is 0 Å². The van der Waals surface area contributed by atoms with Crippen LogP contribution < -0.4 is 5.32 Å². The van der Waals surface area contributed by atoms with Crippen molar-refractivity contribution in [3.63, 3.8) is 0 Å². The molecule has 0 saturated carbocycles. The average molecular weight is 335 g/mol. The van der Waals surface area contributed by atoms with Crippen LogP contribution in [0.15, 0.2) is 22.7 Å². The monoisotopic (exact) mass is 333 g/mol. The fourth-order valence-corrected chi connectivity index (χ4v) is 2.16.